The van der Waals surface area contributed by atoms with E-state index in [1.807, 2.05) is 26.8 Å². The van der Waals surface area contributed by atoms with Gasteiger partial charge in [0.1, 0.15) is 6.17 Å². The summed E-state index contributed by atoms with van der Waals surface area (Å²) in [6.45, 7) is 9.60. The van der Waals surface area contributed by atoms with E-state index >= 15 is 0 Å². The molecule has 0 aromatic carbocycles. The molecule has 0 aliphatic carbocycles. The number of nitrogens with zero attached hydrogens (tertiary/aromatic N) is 4. The zero-order chi connectivity index (χ0) is 15.6. The van der Waals surface area contributed by atoms with Crippen LogP contribution in [0.1, 0.15) is 33.6 Å². The molecule has 0 spiro atoms. The summed E-state index contributed by atoms with van der Waals surface area (Å²) < 4.78 is 0. The number of hydrogen-bond donors (Lipinski definition) is 2. The molecule has 0 amide bonds. The third kappa shape index (κ3) is 27.6. The molecule has 132 valence electrons. The molecule has 0 radical (unpaired) electrons. The van der Waals surface area contributed by atoms with Gasteiger partial charge in [-0.15, -0.1) is 24.8 Å². The van der Waals surface area contributed by atoms with Crippen LogP contribution in [-0.4, -0.2) is 63.4 Å². The van der Waals surface area contributed by atoms with Crippen LogP contribution in [0.25, 0.3) is 0 Å². The van der Waals surface area contributed by atoms with E-state index in [0.29, 0.717) is 0 Å². The average molecular weight is 355 g/mol. The molecule has 0 aromatic heterocycles. The molecular formula is C14H32Cl2N6. The lowest BCUT2D eigenvalue weighted by molar-refractivity contribution is 0.403. The SMILES string of the molecule is CCN=C=NCCCN(C)C.CCNC(CC)N=C=N.Cl.Cl. The number of nitrogens with one attached hydrogen (secondary N) is 2. The second kappa shape index (κ2) is 25.2. The Hall–Kier alpha value is -0.740. The molecule has 0 aliphatic heterocycles. The Labute approximate surface area is 147 Å². The smallest absolute Gasteiger partial charge is 0.110 e. The summed E-state index contributed by atoms with van der Waals surface area (Å²) in [4.78, 5) is 13.7. The number of rotatable bonds is 9. The van der Waals surface area contributed by atoms with Crippen molar-refractivity contribution in [3.05, 3.63) is 0 Å². The van der Waals surface area contributed by atoms with Crippen LogP contribution in [0, 0.1) is 5.41 Å². The summed E-state index contributed by atoms with van der Waals surface area (Å²) in [5.41, 5.74) is 0. The van der Waals surface area contributed by atoms with Crippen LogP contribution >= 0.6 is 24.8 Å². The van der Waals surface area contributed by atoms with E-state index in [0.717, 1.165) is 39.0 Å². The molecular weight excluding hydrogens is 323 g/mol. The highest BCUT2D eigenvalue weighted by atomic mass is 35.5. The Morgan fingerprint density at radius 2 is 1.77 bits per heavy atom. The molecule has 0 saturated heterocycles. The van der Waals surface area contributed by atoms with Crippen molar-refractivity contribution in [2.24, 2.45) is 15.0 Å². The maximum Gasteiger partial charge on any atom is 0.110 e. The van der Waals surface area contributed by atoms with E-state index in [1.165, 1.54) is 0 Å². The van der Waals surface area contributed by atoms with Gasteiger partial charge >= 0.3 is 0 Å². The second-order valence-electron chi connectivity index (χ2n) is 4.34. The van der Waals surface area contributed by atoms with Crippen molar-refractivity contribution in [2.75, 3.05) is 40.3 Å². The fraction of sp³-hybridized carbons (Fsp3) is 0.857. The molecule has 2 N–H and O–H groups in total. The summed E-state index contributed by atoms with van der Waals surface area (Å²) in [6, 6.07) is 4.66. The Morgan fingerprint density at radius 3 is 2.18 bits per heavy atom. The lowest BCUT2D eigenvalue weighted by atomic mass is 10.4. The summed E-state index contributed by atoms with van der Waals surface area (Å²) >= 11 is 0. The van der Waals surface area contributed by atoms with Crippen LogP contribution < -0.4 is 5.32 Å². The maximum absolute atomic E-state index is 6.56. The highest BCUT2D eigenvalue weighted by molar-refractivity contribution is 5.85. The summed E-state index contributed by atoms with van der Waals surface area (Å²) in [7, 11) is 4.12. The first-order valence-corrected chi connectivity index (χ1v) is 7.19. The Morgan fingerprint density at radius 1 is 1.14 bits per heavy atom. The van der Waals surface area contributed by atoms with Gasteiger partial charge in [0, 0.05) is 6.54 Å². The maximum atomic E-state index is 6.56. The van der Waals surface area contributed by atoms with Gasteiger partial charge in [-0.25, -0.2) is 20.4 Å². The van der Waals surface area contributed by atoms with Crippen molar-refractivity contribution < 1.29 is 0 Å². The van der Waals surface area contributed by atoms with Crippen LogP contribution in [0.2, 0.25) is 0 Å². The highest BCUT2D eigenvalue weighted by Gasteiger charge is 1.96. The molecule has 0 bridgehead atoms. The molecule has 8 heteroatoms. The van der Waals surface area contributed by atoms with Crippen molar-refractivity contribution in [3.63, 3.8) is 0 Å². The molecule has 1 atom stereocenters. The van der Waals surface area contributed by atoms with Crippen LogP contribution in [-0.2, 0) is 0 Å². The zero-order valence-electron chi connectivity index (χ0n) is 14.4. The van der Waals surface area contributed by atoms with Crippen LogP contribution in [0.4, 0.5) is 0 Å². The van der Waals surface area contributed by atoms with E-state index in [-0.39, 0.29) is 31.0 Å². The van der Waals surface area contributed by atoms with Gasteiger partial charge in [-0.2, -0.15) is 0 Å². The highest BCUT2D eigenvalue weighted by Crippen LogP contribution is 1.88. The molecule has 0 rings (SSSR count). The van der Waals surface area contributed by atoms with Gasteiger partial charge in [-0.3, -0.25) is 5.32 Å². The quantitative estimate of drug-likeness (QED) is 0.493. The van der Waals surface area contributed by atoms with Gasteiger partial charge in [0.25, 0.3) is 0 Å². The van der Waals surface area contributed by atoms with E-state index in [1.54, 1.807) is 0 Å². The lowest BCUT2D eigenvalue weighted by Gasteiger charge is -2.06. The fourth-order valence-corrected chi connectivity index (χ4v) is 1.23. The summed E-state index contributed by atoms with van der Waals surface area (Å²) in [5.74, 6) is 0. The monoisotopic (exact) mass is 354 g/mol. The Balaban J connectivity index is -0.000000137. The van der Waals surface area contributed by atoms with Crippen molar-refractivity contribution in [3.8, 4) is 0 Å². The van der Waals surface area contributed by atoms with Gasteiger partial charge in [0.05, 0.1) is 18.6 Å². The van der Waals surface area contributed by atoms with E-state index in [9.17, 15) is 0 Å². The van der Waals surface area contributed by atoms with Crippen LogP contribution in [0.5, 0.6) is 0 Å². The first-order valence-electron chi connectivity index (χ1n) is 7.19. The standard InChI is InChI=1S/C8H17N3.C6H13N3.2ClH/c1-4-9-8-10-6-5-7-11(2)3;1-3-6(8-4-2)9-5-7;;/h4-7H2,1-3H3;6-8H,3-4H2,1-2H3;2*1H. The van der Waals surface area contributed by atoms with Gasteiger partial charge in [-0.05, 0) is 47.0 Å². The molecule has 0 heterocycles. The minimum Gasteiger partial charge on any atom is -0.309 e. The molecule has 22 heavy (non-hydrogen) atoms. The van der Waals surface area contributed by atoms with Crippen molar-refractivity contribution in [1.82, 2.24) is 10.2 Å². The van der Waals surface area contributed by atoms with Crippen LogP contribution in [0.3, 0.4) is 0 Å². The Kier molecular flexibility index (Phi) is 33.6. The molecule has 1 unspecified atom stereocenters. The van der Waals surface area contributed by atoms with Gasteiger partial charge in [0.2, 0.25) is 0 Å². The van der Waals surface area contributed by atoms with Gasteiger partial charge in [-0.1, -0.05) is 13.8 Å². The van der Waals surface area contributed by atoms with Crippen LogP contribution in [0.15, 0.2) is 15.0 Å². The summed E-state index contributed by atoms with van der Waals surface area (Å²) in [5, 5.41) is 9.64. The molecule has 0 aliphatic rings. The number of aliphatic imine (C=N–C) groups is 3. The fourth-order valence-electron chi connectivity index (χ4n) is 1.23. The van der Waals surface area contributed by atoms with Crippen molar-refractivity contribution in [1.29, 1.82) is 5.41 Å². The zero-order valence-corrected chi connectivity index (χ0v) is 16.1. The van der Waals surface area contributed by atoms with Crippen molar-refractivity contribution >= 4 is 36.8 Å². The van der Waals surface area contributed by atoms with E-state index in [4.69, 9.17) is 5.41 Å². The Bertz CT molecular complexity index is 310. The third-order valence-corrected chi connectivity index (χ3v) is 2.22. The van der Waals surface area contributed by atoms with Gasteiger partial charge in [0.15, 0.2) is 0 Å². The predicted octanol–water partition coefficient (Wildman–Crippen LogP) is 3.06. The minimum atomic E-state index is 0. The van der Waals surface area contributed by atoms with Crippen molar-refractivity contribution in [2.45, 2.75) is 39.8 Å². The summed E-state index contributed by atoms with van der Waals surface area (Å²) in [6.07, 6.45) is 2.09. The first-order chi connectivity index (χ1) is 9.62. The van der Waals surface area contributed by atoms with Gasteiger partial charge < -0.3 is 4.90 Å². The third-order valence-electron chi connectivity index (χ3n) is 2.22. The first kappa shape index (κ1) is 29.3. The predicted molar refractivity (Wildman–Crippen MR) is 101 cm³/mol. The topological polar surface area (TPSA) is 76.2 Å². The normalized spacial score (nSPS) is 9.73. The largest absolute Gasteiger partial charge is 0.309 e. The average Bonchev–Trinajstić information content (AvgIpc) is 2.43. The molecule has 0 saturated carbocycles. The molecule has 0 fully saturated rings. The number of hydrogen-bond acceptors (Lipinski definition) is 6. The molecule has 6 nitrogen and oxygen atoms in total. The second-order valence-corrected chi connectivity index (χ2v) is 4.34. The lowest BCUT2D eigenvalue weighted by Crippen LogP contribution is -2.25. The number of halogens is 2. The minimum absolute atomic E-state index is 0. The van der Waals surface area contributed by atoms with E-state index < -0.39 is 0 Å². The van der Waals surface area contributed by atoms with E-state index in [2.05, 4.69) is 45.3 Å². The molecule has 0 aromatic rings.